The Morgan fingerprint density at radius 3 is 2.88 bits per heavy atom. The number of halogens is 1. The van der Waals surface area contributed by atoms with E-state index in [1.54, 1.807) is 11.3 Å². The molecule has 0 spiro atoms. The third-order valence-corrected chi connectivity index (χ3v) is 3.81. The molecule has 2 rings (SSSR count). The van der Waals surface area contributed by atoms with Crippen molar-refractivity contribution in [3.8, 4) is 0 Å². The van der Waals surface area contributed by atoms with Gasteiger partial charge in [0.25, 0.3) is 0 Å². The van der Waals surface area contributed by atoms with Crippen molar-refractivity contribution in [2.75, 3.05) is 0 Å². The molecule has 0 aromatic carbocycles. The Labute approximate surface area is 110 Å². The van der Waals surface area contributed by atoms with Crippen LogP contribution in [0.1, 0.15) is 21.0 Å². The van der Waals surface area contributed by atoms with Crippen LogP contribution in [-0.2, 0) is 13.1 Å². The SMILES string of the molecule is O=C(O)c1ccoc1CNCc1ccc(Br)s1. The molecule has 6 heteroatoms. The molecule has 2 N–H and O–H groups in total. The fourth-order valence-corrected chi connectivity index (χ4v) is 2.87. The molecule has 0 unspecified atom stereocenters. The lowest BCUT2D eigenvalue weighted by atomic mass is 10.2. The molecule has 2 aromatic heterocycles. The van der Waals surface area contributed by atoms with Crippen LogP contribution in [-0.4, -0.2) is 11.1 Å². The molecule has 90 valence electrons. The summed E-state index contributed by atoms with van der Waals surface area (Å²) >= 11 is 5.03. The predicted molar refractivity (Wildman–Crippen MR) is 68.2 cm³/mol. The third kappa shape index (κ3) is 3.18. The minimum atomic E-state index is -0.964. The van der Waals surface area contributed by atoms with Gasteiger partial charge in [-0.2, -0.15) is 0 Å². The Bertz CT molecular complexity index is 520. The van der Waals surface area contributed by atoms with Crippen LogP contribution in [0.5, 0.6) is 0 Å². The van der Waals surface area contributed by atoms with Gasteiger partial charge in [-0.15, -0.1) is 11.3 Å². The van der Waals surface area contributed by atoms with E-state index in [0.717, 1.165) is 3.79 Å². The van der Waals surface area contributed by atoms with E-state index in [2.05, 4.69) is 21.2 Å². The first-order valence-electron chi connectivity index (χ1n) is 4.91. The highest BCUT2D eigenvalue weighted by molar-refractivity contribution is 9.11. The maximum Gasteiger partial charge on any atom is 0.339 e. The summed E-state index contributed by atoms with van der Waals surface area (Å²) in [5.74, 6) is -0.512. The number of hydrogen-bond acceptors (Lipinski definition) is 4. The fourth-order valence-electron chi connectivity index (χ4n) is 1.41. The van der Waals surface area contributed by atoms with Crippen molar-refractivity contribution in [3.05, 3.63) is 44.4 Å². The smallest absolute Gasteiger partial charge is 0.339 e. The van der Waals surface area contributed by atoms with Crippen molar-refractivity contribution in [1.29, 1.82) is 0 Å². The number of furan rings is 1. The average Bonchev–Trinajstić information content (AvgIpc) is 2.87. The van der Waals surface area contributed by atoms with E-state index in [0.29, 0.717) is 18.8 Å². The zero-order valence-corrected chi connectivity index (χ0v) is 11.2. The number of thiophene rings is 1. The van der Waals surface area contributed by atoms with Gasteiger partial charge >= 0.3 is 5.97 Å². The van der Waals surface area contributed by atoms with Crippen molar-refractivity contribution in [2.45, 2.75) is 13.1 Å². The van der Waals surface area contributed by atoms with Crippen LogP contribution in [0.15, 0.2) is 32.7 Å². The first kappa shape index (κ1) is 12.3. The van der Waals surface area contributed by atoms with Gasteiger partial charge in [-0.3, -0.25) is 0 Å². The predicted octanol–water partition coefficient (Wildman–Crippen LogP) is 3.09. The molecular weight excluding hydrogens is 306 g/mol. The highest BCUT2D eigenvalue weighted by Gasteiger charge is 2.12. The van der Waals surface area contributed by atoms with Gasteiger partial charge in [0.2, 0.25) is 0 Å². The first-order chi connectivity index (χ1) is 8.16. The van der Waals surface area contributed by atoms with E-state index in [1.807, 2.05) is 12.1 Å². The van der Waals surface area contributed by atoms with Crippen LogP contribution >= 0.6 is 27.3 Å². The van der Waals surface area contributed by atoms with Gasteiger partial charge in [0.05, 0.1) is 16.6 Å². The van der Waals surface area contributed by atoms with E-state index in [4.69, 9.17) is 9.52 Å². The molecule has 4 nitrogen and oxygen atoms in total. The minimum absolute atomic E-state index is 0.213. The maximum absolute atomic E-state index is 10.8. The Balaban J connectivity index is 1.90. The van der Waals surface area contributed by atoms with Crippen LogP contribution in [0.4, 0.5) is 0 Å². The number of rotatable bonds is 5. The molecule has 17 heavy (non-hydrogen) atoms. The summed E-state index contributed by atoms with van der Waals surface area (Å²) in [6.07, 6.45) is 1.39. The lowest BCUT2D eigenvalue weighted by Gasteiger charge is -2.01. The standard InChI is InChI=1S/C11H10BrNO3S/c12-10-2-1-7(17-10)5-13-6-9-8(11(14)15)3-4-16-9/h1-4,13H,5-6H2,(H,14,15). The van der Waals surface area contributed by atoms with Crippen LogP contribution in [0.2, 0.25) is 0 Å². The van der Waals surface area contributed by atoms with E-state index < -0.39 is 5.97 Å². The maximum atomic E-state index is 10.8. The number of aromatic carboxylic acids is 1. The summed E-state index contributed by atoms with van der Waals surface area (Å²) in [4.78, 5) is 12.0. The van der Waals surface area contributed by atoms with Gasteiger partial charge in [0.15, 0.2) is 0 Å². The summed E-state index contributed by atoms with van der Waals surface area (Å²) < 4.78 is 6.20. The van der Waals surface area contributed by atoms with Crippen LogP contribution in [0.25, 0.3) is 0 Å². The van der Waals surface area contributed by atoms with Crippen LogP contribution < -0.4 is 5.32 Å². The highest BCUT2D eigenvalue weighted by atomic mass is 79.9. The minimum Gasteiger partial charge on any atom is -0.478 e. The number of carboxylic acids is 1. The largest absolute Gasteiger partial charge is 0.478 e. The summed E-state index contributed by atoms with van der Waals surface area (Å²) in [5.41, 5.74) is 0.213. The number of nitrogens with one attached hydrogen (secondary N) is 1. The van der Waals surface area contributed by atoms with Crippen molar-refractivity contribution >= 4 is 33.2 Å². The summed E-state index contributed by atoms with van der Waals surface area (Å²) in [7, 11) is 0. The second-order valence-corrected chi connectivity index (χ2v) is 5.92. The van der Waals surface area contributed by atoms with E-state index in [9.17, 15) is 4.79 Å². The molecule has 0 amide bonds. The number of hydrogen-bond donors (Lipinski definition) is 2. The van der Waals surface area contributed by atoms with Crippen molar-refractivity contribution < 1.29 is 14.3 Å². The molecule has 0 atom stereocenters. The van der Waals surface area contributed by atoms with Gasteiger partial charge in [0, 0.05) is 11.4 Å². The molecule has 0 saturated carbocycles. The molecular formula is C11H10BrNO3S. The van der Waals surface area contributed by atoms with Gasteiger partial charge < -0.3 is 14.8 Å². The molecule has 2 heterocycles. The molecule has 0 radical (unpaired) electrons. The third-order valence-electron chi connectivity index (χ3n) is 2.19. The molecule has 0 saturated heterocycles. The second kappa shape index (κ2) is 5.48. The summed E-state index contributed by atoms with van der Waals surface area (Å²) in [6, 6.07) is 5.46. The average molecular weight is 316 g/mol. The lowest BCUT2D eigenvalue weighted by Crippen LogP contribution is -2.13. The van der Waals surface area contributed by atoms with Crippen molar-refractivity contribution in [2.24, 2.45) is 0 Å². The van der Waals surface area contributed by atoms with E-state index in [-0.39, 0.29) is 5.56 Å². The van der Waals surface area contributed by atoms with E-state index in [1.165, 1.54) is 17.2 Å². The summed E-state index contributed by atoms with van der Waals surface area (Å²) in [6.45, 7) is 1.10. The Kier molecular flexibility index (Phi) is 3.98. The monoisotopic (exact) mass is 315 g/mol. The zero-order valence-electron chi connectivity index (χ0n) is 8.77. The Hall–Kier alpha value is -1.11. The van der Waals surface area contributed by atoms with Gasteiger partial charge in [-0.1, -0.05) is 0 Å². The van der Waals surface area contributed by atoms with Crippen molar-refractivity contribution in [3.63, 3.8) is 0 Å². The first-order valence-corrected chi connectivity index (χ1v) is 6.52. The summed E-state index contributed by atoms with van der Waals surface area (Å²) in [5, 5.41) is 12.0. The van der Waals surface area contributed by atoms with Gasteiger partial charge in [-0.25, -0.2) is 4.79 Å². The Morgan fingerprint density at radius 1 is 1.41 bits per heavy atom. The second-order valence-electron chi connectivity index (χ2n) is 3.37. The quantitative estimate of drug-likeness (QED) is 0.890. The molecule has 0 aliphatic heterocycles. The van der Waals surface area contributed by atoms with Crippen LogP contribution in [0.3, 0.4) is 0 Å². The molecule has 0 fully saturated rings. The molecule has 0 aliphatic rings. The van der Waals surface area contributed by atoms with E-state index >= 15 is 0 Å². The highest BCUT2D eigenvalue weighted by Crippen LogP contribution is 2.21. The van der Waals surface area contributed by atoms with Gasteiger partial charge in [0.1, 0.15) is 11.3 Å². The fraction of sp³-hybridized carbons (Fsp3) is 0.182. The van der Waals surface area contributed by atoms with Crippen LogP contribution in [0, 0.1) is 0 Å². The number of carbonyl (C=O) groups is 1. The Morgan fingerprint density at radius 2 is 2.24 bits per heavy atom. The number of carboxylic acid groups (broad SMARTS) is 1. The molecule has 0 bridgehead atoms. The van der Waals surface area contributed by atoms with Gasteiger partial charge in [-0.05, 0) is 34.1 Å². The normalized spacial score (nSPS) is 10.6. The van der Waals surface area contributed by atoms with Crippen molar-refractivity contribution in [1.82, 2.24) is 5.32 Å². The zero-order chi connectivity index (χ0) is 12.3. The molecule has 2 aromatic rings. The topological polar surface area (TPSA) is 62.5 Å². The lowest BCUT2D eigenvalue weighted by molar-refractivity contribution is 0.0694. The molecule has 0 aliphatic carbocycles.